The molecule has 0 N–H and O–H groups in total. The first-order chi connectivity index (χ1) is 11.3. The van der Waals surface area contributed by atoms with E-state index in [0.29, 0.717) is 0 Å². The molecule has 116 valence electrons. The molecule has 0 bridgehead atoms. The topological polar surface area (TPSA) is 26.3 Å². The molecule has 2 unspecified atom stereocenters. The Bertz CT molecular complexity index is 695. The van der Waals surface area contributed by atoms with E-state index in [9.17, 15) is 4.79 Å². The SMILES string of the molecule is O=C(C#Cc1ccccc1)OC1CCCCC1c1ccccc1. The molecular formula is C21H20O2. The zero-order valence-electron chi connectivity index (χ0n) is 13.1. The average Bonchev–Trinajstić information content (AvgIpc) is 2.62. The molecule has 1 fully saturated rings. The van der Waals surface area contributed by atoms with E-state index in [2.05, 4.69) is 24.0 Å². The number of carbonyl (C=O) groups is 1. The molecule has 2 heteroatoms. The molecule has 0 radical (unpaired) electrons. The molecule has 3 rings (SSSR count). The van der Waals surface area contributed by atoms with Crippen LogP contribution in [-0.4, -0.2) is 12.1 Å². The second-order valence-electron chi connectivity index (χ2n) is 5.86. The maximum Gasteiger partial charge on any atom is 0.385 e. The minimum absolute atomic E-state index is 0.0660. The van der Waals surface area contributed by atoms with Crippen LogP contribution >= 0.6 is 0 Å². The number of hydrogen-bond acceptors (Lipinski definition) is 2. The molecule has 0 saturated heterocycles. The highest BCUT2D eigenvalue weighted by atomic mass is 16.5. The lowest BCUT2D eigenvalue weighted by atomic mass is 9.81. The minimum Gasteiger partial charge on any atom is -0.452 e. The molecule has 1 saturated carbocycles. The van der Waals surface area contributed by atoms with Gasteiger partial charge in [-0.2, -0.15) is 0 Å². The summed E-state index contributed by atoms with van der Waals surface area (Å²) in [5, 5.41) is 0. The van der Waals surface area contributed by atoms with E-state index in [1.165, 1.54) is 12.0 Å². The highest BCUT2D eigenvalue weighted by Crippen LogP contribution is 2.34. The van der Waals surface area contributed by atoms with Crippen molar-refractivity contribution in [2.24, 2.45) is 0 Å². The number of carbonyl (C=O) groups excluding carboxylic acids is 1. The molecular weight excluding hydrogens is 284 g/mol. The Morgan fingerprint density at radius 3 is 2.30 bits per heavy atom. The van der Waals surface area contributed by atoms with Crippen LogP contribution in [0.25, 0.3) is 0 Å². The number of ether oxygens (including phenoxy) is 1. The number of benzene rings is 2. The van der Waals surface area contributed by atoms with Crippen molar-refractivity contribution >= 4 is 5.97 Å². The quantitative estimate of drug-likeness (QED) is 0.610. The Morgan fingerprint density at radius 1 is 0.913 bits per heavy atom. The van der Waals surface area contributed by atoms with Crippen molar-refractivity contribution in [3.8, 4) is 11.8 Å². The molecule has 0 aromatic heterocycles. The second-order valence-corrected chi connectivity index (χ2v) is 5.86. The van der Waals surface area contributed by atoms with Gasteiger partial charge in [0.1, 0.15) is 6.10 Å². The van der Waals surface area contributed by atoms with E-state index >= 15 is 0 Å². The molecule has 0 heterocycles. The zero-order valence-corrected chi connectivity index (χ0v) is 13.1. The van der Waals surface area contributed by atoms with E-state index in [0.717, 1.165) is 24.8 Å². The fourth-order valence-electron chi connectivity index (χ4n) is 3.13. The first-order valence-corrected chi connectivity index (χ1v) is 8.15. The van der Waals surface area contributed by atoms with Gasteiger partial charge in [0.25, 0.3) is 0 Å². The molecule has 0 aliphatic heterocycles. The summed E-state index contributed by atoms with van der Waals surface area (Å²) in [5.74, 6) is 5.33. The third-order valence-electron chi connectivity index (χ3n) is 4.27. The predicted molar refractivity (Wildman–Crippen MR) is 90.9 cm³/mol. The minimum atomic E-state index is -0.429. The summed E-state index contributed by atoms with van der Waals surface area (Å²) < 4.78 is 5.67. The monoisotopic (exact) mass is 304 g/mol. The van der Waals surface area contributed by atoms with Crippen molar-refractivity contribution in [2.75, 3.05) is 0 Å². The van der Waals surface area contributed by atoms with Crippen LogP contribution in [0.4, 0.5) is 0 Å². The maximum atomic E-state index is 12.1. The van der Waals surface area contributed by atoms with Gasteiger partial charge in [0, 0.05) is 17.4 Å². The summed E-state index contributed by atoms with van der Waals surface area (Å²) in [6, 6.07) is 19.8. The van der Waals surface area contributed by atoms with E-state index in [4.69, 9.17) is 4.74 Å². The van der Waals surface area contributed by atoms with Gasteiger partial charge >= 0.3 is 5.97 Å². The van der Waals surface area contributed by atoms with Gasteiger partial charge < -0.3 is 4.74 Å². The van der Waals surface area contributed by atoms with Gasteiger partial charge in [0.05, 0.1) is 0 Å². The molecule has 2 aromatic carbocycles. The fraction of sp³-hybridized carbons (Fsp3) is 0.286. The van der Waals surface area contributed by atoms with Gasteiger partial charge in [-0.3, -0.25) is 0 Å². The molecule has 23 heavy (non-hydrogen) atoms. The van der Waals surface area contributed by atoms with Gasteiger partial charge in [-0.05, 0) is 37.0 Å². The maximum absolute atomic E-state index is 12.1. The Hall–Kier alpha value is -2.53. The summed E-state index contributed by atoms with van der Waals surface area (Å²) in [6.45, 7) is 0. The van der Waals surface area contributed by atoms with Crippen LogP contribution in [0, 0.1) is 11.8 Å². The highest BCUT2D eigenvalue weighted by Gasteiger charge is 2.29. The molecule has 1 aliphatic carbocycles. The van der Waals surface area contributed by atoms with Crippen molar-refractivity contribution < 1.29 is 9.53 Å². The lowest BCUT2D eigenvalue weighted by molar-refractivity contribution is -0.144. The van der Waals surface area contributed by atoms with Crippen LogP contribution < -0.4 is 0 Å². The van der Waals surface area contributed by atoms with Crippen LogP contribution in [0.2, 0.25) is 0 Å². The third kappa shape index (κ3) is 4.23. The van der Waals surface area contributed by atoms with Gasteiger partial charge in [0.15, 0.2) is 0 Å². The number of esters is 1. The van der Waals surface area contributed by atoms with E-state index in [1.807, 2.05) is 48.5 Å². The third-order valence-corrected chi connectivity index (χ3v) is 4.27. The van der Waals surface area contributed by atoms with Crippen LogP contribution in [0.5, 0.6) is 0 Å². The lowest BCUT2D eigenvalue weighted by Gasteiger charge is -2.30. The fourth-order valence-corrected chi connectivity index (χ4v) is 3.13. The normalized spacial score (nSPS) is 20.2. The van der Waals surface area contributed by atoms with Crippen LogP contribution in [-0.2, 0) is 9.53 Å². The molecule has 2 aromatic rings. The molecule has 0 spiro atoms. The van der Waals surface area contributed by atoms with E-state index in [1.54, 1.807) is 0 Å². The van der Waals surface area contributed by atoms with Crippen LogP contribution in [0.3, 0.4) is 0 Å². The van der Waals surface area contributed by atoms with Crippen molar-refractivity contribution in [1.29, 1.82) is 0 Å². The Morgan fingerprint density at radius 2 is 1.57 bits per heavy atom. The number of rotatable bonds is 2. The van der Waals surface area contributed by atoms with Gasteiger partial charge in [0.2, 0.25) is 0 Å². The first kappa shape index (κ1) is 15.4. The summed E-state index contributed by atoms with van der Waals surface area (Å²) in [6.07, 6.45) is 4.20. The van der Waals surface area contributed by atoms with Crippen molar-refractivity contribution in [3.63, 3.8) is 0 Å². The predicted octanol–water partition coefficient (Wildman–Crippen LogP) is 4.31. The summed E-state index contributed by atoms with van der Waals surface area (Å²) >= 11 is 0. The standard InChI is InChI=1S/C21H20O2/c22-21(16-15-17-9-3-1-4-10-17)23-20-14-8-7-13-19(20)18-11-5-2-6-12-18/h1-6,9-12,19-20H,7-8,13-14H2. The van der Waals surface area contributed by atoms with Crippen molar-refractivity contribution in [2.45, 2.75) is 37.7 Å². The van der Waals surface area contributed by atoms with Gasteiger partial charge in [-0.15, -0.1) is 0 Å². The Kier molecular flexibility index (Phi) is 5.11. The largest absolute Gasteiger partial charge is 0.452 e. The van der Waals surface area contributed by atoms with E-state index in [-0.39, 0.29) is 12.0 Å². The highest BCUT2D eigenvalue weighted by molar-refractivity contribution is 5.89. The summed E-state index contributed by atoms with van der Waals surface area (Å²) in [5.41, 5.74) is 2.08. The van der Waals surface area contributed by atoms with Gasteiger partial charge in [-0.1, -0.05) is 60.9 Å². The lowest BCUT2D eigenvalue weighted by Crippen LogP contribution is -2.28. The number of hydrogen-bond donors (Lipinski definition) is 0. The van der Waals surface area contributed by atoms with Crippen LogP contribution in [0.15, 0.2) is 60.7 Å². The van der Waals surface area contributed by atoms with Crippen LogP contribution in [0.1, 0.15) is 42.7 Å². The average molecular weight is 304 g/mol. The van der Waals surface area contributed by atoms with Gasteiger partial charge in [-0.25, -0.2) is 4.79 Å². The van der Waals surface area contributed by atoms with E-state index < -0.39 is 5.97 Å². The molecule has 0 amide bonds. The summed E-state index contributed by atoms with van der Waals surface area (Å²) in [7, 11) is 0. The molecule has 2 nitrogen and oxygen atoms in total. The molecule has 1 aliphatic rings. The molecule has 2 atom stereocenters. The first-order valence-electron chi connectivity index (χ1n) is 8.15. The Labute approximate surface area is 137 Å². The second kappa shape index (κ2) is 7.65. The smallest absolute Gasteiger partial charge is 0.385 e. The Balaban J connectivity index is 1.68. The summed E-state index contributed by atoms with van der Waals surface area (Å²) in [4.78, 5) is 12.1. The van der Waals surface area contributed by atoms with Crippen molar-refractivity contribution in [3.05, 3.63) is 71.8 Å². The van der Waals surface area contributed by atoms with Crippen molar-refractivity contribution in [1.82, 2.24) is 0 Å². The zero-order chi connectivity index (χ0) is 15.9.